The topological polar surface area (TPSA) is 71.3 Å². The first-order valence-electron chi connectivity index (χ1n) is 11.1. The highest BCUT2D eigenvalue weighted by Crippen LogP contribution is 2.30. The molecule has 2 aromatic carbocycles. The molecule has 0 spiro atoms. The van der Waals surface area contributed by atoms with E-state index in [1.807, 2.05) is 35.7 Å². The van der Waals surface area contributed by atoms with Gasteiger partial charge < -0.3 is 15.0 Å². The SMILES string of the molecule is O=C(Cc1csc2ccccc12)Nc1cccc2c(=O)n(CC3(O)CCCCC3)ccc12. The highest BCUT2D eigenvalue weighted by Gasteiger charge is 2.30. The number of nitrogens with zero attached hydrogens (tertiary/aromatic N) is 1. The minimum absolute atomic E-state index is 0.109. The van der Waals surface area contributed by atoms with Crippen molar-refractivity contribution < 1.29 is 9.90 Å². The number of carbonyl (C=O) groups excluding carboxylic acids is 1. The summed E-state index contributed by atoms with van der Waals surface area (Å²) in [5.41, 5.74) is 0.686. The Morgan fingerprint density at radius 3 is 2.62 bits per heavy atom. The second kappa shape index (κ2) is 8.52. The van der Waals surface area contributed by atoms with Crippen LogP contribution in [0.3, 0.4) is 0 Å². The first kappa shape index (κ1) is 20.9. The van der Waals surface area contributed by atoms with Crippen molar-refractivity contribution >= 4 is 43.8 Å². The van der Waals surface area contributed by atoms with Crippen molar-refractivity contribution in [2.24, 2.45) is 0 Å². The van der Waals surface area contributed by atoms with Crippen LogP contribution in [0.2, 0.25) is 0 Å². The van der Waals surface area contributed by atoms with Gasteiger partial charge in [0.1, 0.15) is 0 Å². The number of thiophene rings is 1. The molecule has 164 valence electrons. The molecule has 0 saturated heterocycles. The Morgan fingerprint density at radius 1 is 1.00 bits per heavy atom. The van der Waals surface area contributed by atoms with E-state index in [4.69, 9.17) is 0 Å². The van der Waals surface area contributed by atoms with Crippen LogP contribution < -0.4 is 10.9 Å². The highest BCUT2D eigenvalue weighted by molar-refractivity contribution is 7.17. The zero-order valence-electron chi connectivity index (χ0n) is 17.8. The van der Waals surface area contributed by atoms with Gasteiger partial charge in [0.05, 0.1) is 18.6 Å². The standard InChI is InChI=1S/C26H26N2O3S/c29-24(15-18-16-32-23-10-3-2-7-19(18)23)27-22-9-6-8-21-20(22)11-14-28(25(21)30)17-26(31)12-4-1-5-13-26/h2-3,6-11,14,16,31H,1,4-5,12-13,15,17H2,(H,27,29). The molecule has 1 fully saturated rings. The second-order valence-corrected chi connectivity index (χ2v) is 9.69. The molecule has 6 heteroatoms. The summed E-state index contributed by atoms with van der Waals surface area (Å²) in [5.74, 6) is -0.109. The third kappa shape index (κ3) is 4.08. The lowest BCUT2D eigenvalue weighted by molar-refractivity contribution is -0.115. The number of nitrogens with one attached hydrogen (secondary N) is 1. The minimum Gasteiger partial charge on any atom is -0.388 e. The average molecular weight is 447 g/mol. The molecule has 1 amide bonds. The number of aromatic nitrogens is 1. The summed E-state index contributed by atoms with van der Waals surface area (Å²) in [4.78, 5) is 25.9. The molecule has 32 heavy (non-hydrogen) atoms. The summed E-state index contributed by atoms with van der Waals surface area (Å²) in [6, 6.07) is 15.3. The van der Waals surface area contributed by atoms with Crippen LogP contribution >= 0.6 is 11.3 Å². The van der Waals surface area contributed by atoms with Gasteiger partial charge >= 0.3 is 0 Å². The van der Waals surface area contributed by atoms with Gasteiger partial charge in [-0.25, -0.2) is 0 Å². The predicted molar refractivity (Wildman–Crippen MR) is 130 cm³/mol. The zero-order chi connectivity index (χ0) is 22.1. The maximum Gasteiger partial charge on any atom is 0.258 e. The largest absolute Gasteiger partial charge is 0.388 e. The molecule has 0 unspecified atom stereocenters. The Balaban J connectivity index is 1.39. The second-order valence-electron chi connectivity index (χ2n) is 8.78. The van der Waals surface area contributed by atoms with Crippen molar-refractivity contribution in [1.29, 1.82) is 0 Å². The molecule has 1 aliphatic carbocycles. The van der Waals surface area contributed by atoms with Crippen molar-refractivity contribution in [3.63, 3.8) is 0 Å². The molecule has 0 atom stereocenters. The van der Waals surface area contributed by atoms with Crippen LogP contribution in [0.1, 0.15) is 37.7 Å². The number of hydrogen-bond acceptors (Lipinski definition) is 4. The van der Waals surface area contributed by atoms with E-state index in [1.165, 1.54) is 4.70 Å². The van der Waals surface area contributed by atoms with Crippen molar-refractivity contribution in [3.05, 3.63) is 76.0 Å². The summed E-state index contributed by atoms with van der Waals surface area (Å²) in [7, 11) is 0. The third-order valence-corrected chi connectivity index (χ3v) is 7.47. The van der Waals surface area contributed by atoms with E-state index >= 15 is 0 Å². The molecule has 0 radical (unpaired) electrons. The molecule has 5 rings (SSSR count). The number of benzene rings is 2. The fourth-order valence-corrected chi connectivity index (χ4v) is 5.74. The summed E-state index contributed by atoms with van der Waals surface area (Å²) in [6.45, 7) is 0.309. The van der Waals surface area contributed by atoms with E-state index in [2.05, 4.69) is 11.4 Å². The third-order valence-electron chi connectivity index (χ3n) is 6.45. The van der Waals surface area contributed by atoms with E-state index in [-0.39, 0.29) is 17.9 Å². The Labute approximate surface area is 190 Å². The molecular formula is C26H26N2O3S. The monoisotopic (exact) mass is 446 g/mol. The number of amides is 1. The number of rotatable bonds is 5. The molecule has 2 N–H and O–H groups in total. The predicted octanol–water partition coefficient (Wildman–Crippen LogP) is 5.09. The Hall–Kier alpha value is -2.96. The molecule has 4 aromatic rings. The van der Waals surface area contributed by atoms with E-state index in [0.717, 1.165) is 43.1 Å². The lowest BCUT2D eigenvalue weighted by Crippen LogP contribution is -2.39. The van der Waals surface area contributed by atoms with Gasteiger partial charge in [-0.3, -0.25) is 9.59 Å². The number of fused-ring (bicyclic) bond motifs is 2. The summed E-state index contributed by atoms with van der Waals surface area (Å²) >= 11 is 1.64. The molecule has 1 aliphatic rings. The first-order chi connectivity index (χ1) is 15.5. The fourth-order valence-electron chi connectivity index (χ4n) is 4.77. The molecule has 2 heterocycles. The number of pyridine rings is 1. The average Bonchev–Trinajstić information content (AvgIpc) is 3.19. The molecular weight excluding hydrogens is 420 g/mol. The number of hydrogen-bond donors (Lipinski definition) is 2. The van der Waals surface area contributed by atoms with Gasteiger partial charge in [-0.05, 0) is 53.4 Å². The Morgan fingerprint density at radius 2 is 1.78 bits per heavy atom. The minimum atomic E-state index is -0.815. The highest BCUT2D eigenvalue weighted by atomic mass is 32.1. The summed E-state index contributed by atoms with van der Waals surface area (Å²) in [6.07, 6.45) is 6.60. The normalized spacial score (nSPS) is 15.8. The van der Waals surface area contributed by atoms with Crippen molar-refractivity contribution in [2.45, 2.75) is 50.7 Å². The van der Waals surface area contributed by atoms with Crippen LogP contribution in [-0.2, 0) is 17.8 Å². The molecule has 0 aliphatic heterocycles. The summed E-state index contributed by atoms with van der Waals surface area (Å²) < 4.78 is 2.78. The zero-order valence-corrected chi connectivity index (χ0v) is 18.7. The molecule has 2 aromatic heterocycles. The van der Waals surface area contributed by atoms with Crippen LogP contribution in [0.15, 0.2) is 64.9 Å². The summed E-state index contributed by atoms with van der Waals surface area (Å²) in [5, 5.41) is 18.3. The molecule has 1 saturated carbocycles. The maximum absolute atomic E-state index is 13.1. The lowest BCUT2D eigenvalue weighted by atomic mass is 9.85. The van der Waals surface area contributed by atoms with E-state index in [9.17, 15) is 14.7 Å². The number of aliphatic hydroxyl groups is 1. The van der Waals surface area contributed by atoms with Gasteiger partial charge in [0.15, 0.2) is 0 Å². The number of anilines is 1. The number of carbonyl (C=O) groups is 1. The first-order valence-corrected chi connectivity index (χ1v) is 12.0. The molecule has 0 bridgehead atoms. The van der Waals surface area contributed by atoms with Crippen molar-refractivity contribution in [2.75, 3.05) is 5.32 Å². The van der Waals surface area contributed by atoms with E-state index < -0.39 is 5.60 Å². The van der Waals surface area contributed by atoms with Gasteiger partial charge in [-0.2, -0.15) is 0 Å². The Bertz CT molecular complexity index is 1350. The van der Waals surface area contributed by atoms with E-state index in [1.54, 1.807) is 34.2 Å². The van der Waals surface area contributed by atoms with Crippen LogP contribution in [-0.4, -0.2) is 21.2 Å². The van der Waals surface area contributed by atoms with Crippen LogP contribution in [0.25, 0.3) is 20.9 Å². The van der Waals surface area contributed by atoms with Crippen LogP contribution in [0.4, 0.5) is 5.69 Å². The van der Waals surface area contributed by atoms with E-state index in [0.29, 0.717) is 23.0 Å². The van der Waals surface area contributed by atoms with Crippen LogP contribution in [0, 0.1) is 0 Å². The Kier molecular flexibility index (Phi) is 5.57. The van der Waals surface area contributed by atoms with Gasteiger partial charge in [-0.15, -0.1) is 11.3 Å². The van der Waals surface area contributed by atoms with Gasteiger partial charge in [0.2, 0.25) is 5.91 Å². The van der Waals surface area contributed by atoms with Crippen molar-refractivity contribution in [1.82, 2.24) is 4.57 Å². The quantitative estimate of drug-likeness (QED) is 0.448. The molecule has 5 nitrogen and oxygen atoms in total. The van der Waals surface area contributed by atoms with Gasteiger partial charge in [0, 0.05) is 27.4 Å². The fraction of sp³-hybridized carbons (Fsp3) is 0.308. The van der Waals surface area contributed by atoms with Crippen molar-refractivity contribution in [3.8, 4) is 0 Å². The van der Waals surface area contributed by atoms with Gasteiger partial charge in [0.25, 0.3) is 5.56 Å². The maximum atomic E-state index is 13.1. The van der Waals surface area contributed by atoms with Gasteiger partial charge in [-0.1, -0.05) is 43.5 Å². The lowest BCUT2D eigenvalue weighted by Gasteiger charge is -2.32. The smallest absolute Gasteiger partial charge is 0.258 e. The van der Waals surface area contributed by atoms with Crippen LogP contribution in [0.5, 0.6) is 0 Å².